The van der Waals surface area contributed by atoms with E-state index in [0.717, 1.165) is 16.7 Å². The first-order chi connectivity index (χ1) is 16.7. The van der Waals surface area contributed by atoms with E-state index in [1.165, 1.54) is 0 Å². The molecule has 2 saturated heterocycles. The molecular weight excluding hydrogens is 426 g/mol. The van der Waals surface area contributed by atoms with Crippen molar-refractivity contribution in [1.82, 2.24) is 4.90 Å². The molecule has 2 bridgehead atoms. The number of amides is 1. The maximum Gasteiger partial charge on any atom is 0.313 e. The number of rotatable bonds is 6. The molecule has 6 rings (SSSR count). The predicted molar refractivity (Wildman–Crippen MR) is 126 cm³/mol. The second-order valence-electron chi connectivity index (χ2n) is 9.18. The highest BCUT2D eigenvalue weighted by Gasteiger charge is 2.68. The molecule has 0 radical (unpaired) electrons. The van der Waals surface area contributed by atoms with Gasteiger partial charge in [-0.1, -0.05) is 103 Å². The third kappa shape index (κ3) is 3.35. The molecule has 2 fully saturated rings. The van der Waals surface area contributed by atoms with Gasteiger partial charge >= 0.3 is 5.97 Å². The molecule has 4 atom stereocenters. The van der Waals surface area contributed by atoms with Crippen LogP contribution in [0.15, 0.2) is 103 Å². The number of carbonyl (C=O) groups is 2. The number of likely N-dealkylation sites (tertiary alicyclic amines) is 1. The van der Waals surface area contributed by atoms with Crippen molar-refractivity contribution in [2.24, 2.45) is 11.8 Å². The fourth-order valence-corrected chi connectivity index (χ4v) is 5.66. The first-order valence-corrected chi connectivity index (χ1v) is 11.6. The first kappa shape index (κ1) is 20.9. The molecule has 5 heteroatoms. The van der Waals surface area contributed by atoms with E-state index in [0.29, 0.717) is 6.54 Å². The van der Waals surface area contributed by atoms with Crippen LogP contribution in [0.3, 0.4) is 0 Å². The lowest BCUT2D eigenvalue weighted by Crippen LogP contribution is -2.40. The number of nitrogens with zero attached hydrogens (tertiary/aromatic N) is 1. The standard InChI is InChI=1S/C29H25NO4/c31-27-25-24(28(32)33-18-20-10-4-1-5-11-20)23-16-17-29(25,34-23)19-30(27)26(21-12-6-2-7-13-21)22-14-8-3-9-15-22/h1-17,23-26H,18-19H2/t23-,24+,25-,29+/m1/s1. The topological polar surface area (TPSA) is 55.8 Å². The zero-order chi connectivity index (χ0) is 23.1. The van der Waals surface area contributed by atoms with Crippen molar-refractivity contribution in [3.63, 3.8) is 0 Å². The zero-order valence-corrected chi connectivity index (χ0v) is 18.6. The molecule has 3 aliphatic heterocycles. The number of carbonyl (C=O) groups excluding carboxylic acids is 2. The number of fused-ring (bicyclic) bond motifs is 1. The van der Waals surface area contributed by atoms with Crippen LogP contribution >= 0.6 is 0 Å². The predicted octanol–water partition coefficient (Wildman–Crippen LogP) is 4.30. The van der Waals surface area contributed by atoms with E-state index in [1.807, 2.05) is 108 Å². The smallest absolute Gasteiger partial charge is 0.313 e. The molecule has 3 aliphatic rings. The average molecular weight is 452 g/mol. The molecule has 0 unspecified atom stereocenters. The third-order valence-electron chi connectivity index (χ3n) is 7.17. The first-order valence-electron chi connectivity index (χ1n) is 11.6. The minimum absolute atomic E-state index is 0.0637. The third-order valence-corrected chi connectivity index (χ3v) is 7.17. The molecule has 3 aromatic rings. The maximum absolute atomic E-state index is 14.0. The van der Waals surface area contributed by atoms with Crippen LogP contribution in [-0.4, -0.2) is 35.0 Å². The molecule has 34 heavy (non-hydrogen) atoms. The average Bonchev–Trinajstić information content (AvgIpc) is 3.53. The molecule has 170 valence electrons. The van der Waals surface area contributed by atoms with Crippen molar-refractivity contribution in [2.75, 3.05) is 6.54 Å². The molecule has 0 aromatic heterocycles. The lowest BCUT2D eigenvalue weighted by atomic mass is 9.77. The number of hydrogen-bond acceptors (Lipinski definition) is 4. The summed E-state index contributed by atoms with van der Waals surface area (Å²) < 4.78 is 12.0. The zero-order valence-electron chi connectivity index (χ0n) is 18.6. The van der Waals surface area contributed by atoms with Gasteiger partial charge in [0, 0.05) is 0 Å². The van der Waals surface area contributed by atoms with Crippen molar-refractivity contribution >= 4 is 11.9 Å². The van der Waals surface area contributed by atoms with E-state index in [-0.39, 0.29) is 24.5 Å². The van der Waals surface area contributed by atoms with Crippen molar-refractivity contribution in [3.05, 3.63) is 120 Å². The van der Waals surface area contributed by atoms with Crippen molar-refractivity contribution in [2.45, 2.75) is 24.4 Å². The maximum atomic E-state index is 14.0. The second-order valence-corrected chi connectivity index (χ2v) is 9.18. The van der Waals surface area contributed by atoms with Gasteiger partial charge in [0.15, 0.2) is 0 Å². The second kappa shape index (κ2) is 8.26. The summed E-state index contributed by atoms with van der Waals surface area (Å²) in [5, 5.41) is 0. The van der Waals surface area contributed by atoms with Crippen molar-refractivity contribution < 1.29 is 19.1 Å². The molecule has 5 nitrogen and oxygen atoms in total. The van der Waals surface area contributed by atoms with Crippen LogP contribution in [0.2, 0.25) is 0 Å². The van der Waals surface area contributed by atoms with E-state index in [2.05, 4.69) is 0 Å². The van der Waals surface area contributed by atoms with Crippen LogP contribution in [0, 0.1) is 11.8 Å². The van der Waals surface area contributed by atoms with Crippen molar-refractivity contribution in [3.8, 4) is 0 Å². The Kier molecular flexibility index (Phi) is 5.07. The molecule has 1 amide bonds. The largest absolute Gasteiger partial charge is 0.460 e. The lowest BCUT2D eigenvalue weighted by Gasteiger charge is -2.31. The molecule has 0 aliphatic carbocycles. The van der Waals surface area contributed by atoms with Gasteiger partial charge in [0.2, 0.25) is 5.91 Å². The normalized spacial score (nSPS) is 26.8. The molecule has 0 N–H and O–H groups in total. The van der Waals surface area contributed by atoms with Crippen LogP contribution in [0.4, 0.5) is 0 Å². The van der Waals surface area contributed by atoms with Gasteiger partial charge in [-0.25, -0.2) is 0 Å². The summed E-state index contributed by atoms with van der Waals surface area (Å²) in [5.41, 5.74) is 2.18. The van der Waals surface area contributed by atoms with Crippen LogP contribution < -0.4 is 0 Å². The Bertz CT molecular complexity index is 1190. The lowest BCUT2D eigenvalue weighted by molar-refractivity contribution is -0.155. The number of hydrogen-bond donors (Lipinski definition) is 0. The van der Waals surface area contributed by atoms with Gasteiger partial charge in [-0.15, -0.1) is 0 Å². The van der Waals surface area contributed by atoms with E-state index in [9.17, 15) is 9.59 Å². The van der Waals surface area contributed by atoms with Crippen molar-refractivity contribution in [1.29, 1.82) is 0 Å². The molecule has 0 saturated carbocycles. The SMILES string of the molecule is O=C(OCc1ccccc1)[C@H]1[C@H]2C=C[C@@]3(CN(C(c4ccccc4)c4ccccc4)C(=O)[C@@H]13)O2. The monoisotopic (exact) mass is 451 g/mol. The van der Waals surface area contributed by atoms with Gasteiger partial charge in [-0.2, -0.15) is 0 Å². The minimum Gasteiger partial charge on any atom is -0.460 e. The van der Waals surface area contributed by atoms with E-state index in [1.54, 1.807) is 0 Å². The molecule has 1 spiro atoms. The van der Waals surface area contributed by atoms with Gasteiger partial charge < -0.3 is 14.4 Å². The summed E-state index contributed by atoms with van der Waals surface area (Å²) in [5.74, 6) is -1.67. The van der Waals surface area contributed by atoms with Gasteiger partial charge in [-0.05, 0) is 16.7 Å². The number of ether oxygens (including phenoxy) is 2. The minimum atomic E-state index is -0.792. The summed E-state index contributed by atoms with van der Waals surface area (Å²) in [7, 11) is 0. The Morgan fingerprint density at radius 2 is 1.53 bits per heavy atom. The number of benzene rings is 3. The fraction of sp³-hybridized carbons (Fsp3) is 0.241. The molecule has 3 heterocycles. The van der Waals surface area contributed by atoms with Gasteiger partial charge in [0.25, 0.3) is 0 Å². The van der Waals surface area contributed by atoms with E-state index in [4.69, 9.17) is 9.47 Å². The highest BCUT2D eigenvalue weighted by Crippen LogP contribution is 2.54. The van der Waals surface area contributed by atoms with Gasteiger partial charge in [0.1, 0.15) is 18.1 Å². The highest BCUT2D eigenvalue weighted by atomic mass is 16.6. The van der Waals surface area contributed by atoms with Crippen LogP contribution in [0.5, 0.6) is 0 Å². The van der Waals surface area contributed by atoms with Crippen LogP contribution in [0.25, 0.3) is 0 Å². The van der Waals surface area contributed by atoms with Gasteiger partial charge in [-0.3, -0.25) is 9.59 Å². The Balaban J connectivity index is 1.31. The Morgan fingerprint density at radius 1 is 0.941 bits per heavy atom. The molecule has 3 aromatic carbocycles. The summed E-state index contributed by atoms with van der Waals surface area (Å²) >= 11 is 0. The van der Waals surface area contributed by atoms with E-state index >= 15 is 0 Å². The van der Waals surface area contributed by atoms with Crippen LogP contribution in [0.1, 0.15) is 22.7 Å². The summed E-state index contributed by atoms with van der Waals surface area (Å²) in [6.07, 6.45) is 3.47. The number of esters is 1. The summed E-state index contributed by atoms with van der Waals surface area (Å²) in [6.45, 7) is 0.585. The summed E-state index contributed by atoms with van der Waals surface area (Å²) in [6, 6.07) is 29.3. The van der Waals surface area contributed by atoms with Crippen LogP contribution in [-0.2, 0) is 25.7 Å². The summed E-state index contributed by atoms with van der Waals surface area (Å²) in [4.78, 5) is 29.0. The van der Waals surface area contributed by atoms with E-state index < -0.39 is 23.5 Å². The van der Waals surface area contributed by atoms with Gasteiger partial charge in [0.05, 0.1) is 24.6 Å². The Hall–Kier alpha value is -3.70. The Labute approximate surface area is 198 Å². The Morgan fingerprint density at radius 3 is 2.15 bits per heavy atom. The highest BCUT2D eigenvalue weighted by molar-refractivity contribution is 5.91. The fourth-order valence-electron chi connectivity index (χ4n) is 5.66. The molecular formula is C29H25NO4. The quantitative estimate of drug-likeness (QED) is 0.414.